The average Bonchev–Trinajstić information content (AvgIpc) is 3.79. The monoisotopic (exact) mass is 702 g/mol. The smallest absolute Gasteiger partial charge is 0.326 e. The number of benzene rings is 2. The van der Waals surface area contributed by atoms with Crippen molar-refractivity contribution in [2.24, 2.45) is 5.92 Å². The van der Waals surface area contributed by atoms with Crippen LogP contribution in [0.5, 0.6) is 5.75 Å². The Morgan fingerprint density at radius 2 is 1.76 bits per heavy atom. The first-order valence-electron chi connectivity index (χ1n) is 17.1. The minimum Gasteiger partial charge on any atom is -0.487 e. The first-order valence-corrected chi connectivity index (χ1v) is 17.1. The fourth-order valence-electron chi connectivity index (χ4n) is 6.37. The number of rotatable bonds is 8. The molecule has 0 unspecified atom stereocenters. The highest BCUT2D eigenvalue weighted by atomic mass is 16.5. The van der Waals surface area contributed by atoms with Crippen molar-refractivity contribution in [3.63, 3.8) is 0 Å². The summed E-state index contributed by atoms with van der Waals surface area (Å²) in [7, 11) is 3.06. The van der Waals surface area contributed by atoms with Gasteiger partial charge < -0.3 is 35.6 Å². The number of amides is 4. The zero-order valence-electron chi connectivity index (χ0n) is 29.5. The molecule has 4 amide bonds. The number of carbonyl (C=O) groups excluding carboxylic acids is 4. The fraction of sp³-hybridized carbons (Fsp3) is 0.472. The van der Waals surface area contributed by atoms with Gasteiger partial charge in [-0.05, 0) is 43.1 Å². The molecule has 272 valence electrons. The molecule has 0 radical (unpaired) electrons. The lowest BCUT2D eigenvalue weighted by Gasteiger charge is -2.33. The molecule has 3 aliphatic heterocycles. The molecule has 6 rings (SSSR count). The summed E-state index contributed by atoms with van der Waals surface area (Å²) in [5.74, 6) is -2.98. The molecule has 1 fully saturated rings. The molecule has 6 atom stereocenters. The van der Waals surface area contributed by atoms with E-state index < -0.39 is 59.9 Å². The molecule has 4 heterocycles. The predicted octanol–water partition coefficient (Wildman–Crippen LogP) is 0.943. The van der Waals surface area contributed by atoms with E-state index in [-0.39, 0.29) is 44.2 Å². The number of carboxylic acid groups (broad SMARTS) is 1. The van der Waals surface area contributed by atoms with Crippen LogP contribution in [0.3, 0.4) is 0 Å². The van der Waals surface area contributed by atoms with Crippen LogP contribution in [-0.2, 0) is 43.4 Å². The summed E-state index contributed by atoms with van der Waals surface area (Å²) in [6.07, 6.45) is 1.95. The van der Waals surface area contributed by atoms with Gasteiger partial charge in [0.1, 0.15) is 42.2 Å². The van der Waals surface area contributed by atoms with Crippen LogP contribution in [0.1, 0.15) is 50.1 Å². The van der Waals surface area contributed by atoms with Gasteiger partial charge in [0.25, 0.3) is 0 Å². The zero-order chi connectivity index (χ0) is 36.8. The van der Waals surface area contributed by atoms with Crippen LogP contribution in [0.4, 0.5) is 0 Å². The van der Waals surface area contributed by atoms with E-state index in [0.717, 1.165) is 10.5 Å². The Kier molecular flexibility index (Phi) is 11.7. The minimum atomic E-state index is -1.24. The summed E-state index contributed by atoms with van der Waals surface area (Å²) in [6.45, 7) is 5.48. The molecular formula is C36H46N8O7. The lowest BCUT2D eigenvalue weighted by molar-refractivity contribution is -0.150. The van der Waals surface area contributed by atoms with Gasteiger partial charge in [-0.15, -0.1) is 5.10 Å². The lowest BCUT2D eigenvalue weighted by Crippen LogP contribution is -2.59. The van der Waals surface area contributed by atoms with Crippen LogP contribution in [-0.4, -0.2) is 110 Å². The van der Waals surface area contributed by atoms with Crippen molar-refractivity contribution < 1.29 is 33.8 Å². The highest BCUT2D eigenvalue weighted by Crippen LogP contribution is 2.29. The first-order chi connectivity index (χ1) is 24.4. The Morgan fingerprint density at radius 3 is 2.41 bits per heavy atom. The quantitative estimate of drug-likeness (QED) is 0.263. The van der Waals surface area contributed by atoms with Crippen LogP contribution in [0.15, 0.2) is 60.8 Å². The van der Waals surface area contributed by atoms with Crippen LogP contribution < -0.4 is 20.7 Å². The highest BCUT2D eigenvalue weighted by Gasteiger charge is 2.45. The Bertz CT molecular complexity index is 1710. The molecule has 15 nitrogen and oxygen atoms in total. The number of hydrogen-bond acceptors (Lipinski definition) is 9. The lowest BCUT2D eigenvalue weighted by atomic mass is 10.00. The number of hydrogen-bond donors (Lipinski definition) is 4. The number of likely N-dealkylation sites (tertiary alicyclic amines) is 1. The summed E-state index contributed by atoms with van der Waals surface area (Å²) in [4.78, 5) is 70.9. The minimum absolute atomic E-state index is 0.0131. The number of aromatic nitrogens is 3. The maximum absolute atomic E-state index is 14.3. The largest absolute Gasteiger partial charge is 0.487 e. The molecule has 15 heteroatoms. The van der Waals surface area contributed by atoms with Crippen LogP contribution in [0.2, 0.25) is 0 Å². The average molecular weight is 703 g/mol. The fourth-order valence-corrected chi connectivity index (χ4v) is 6.37. The van der Waals surface area contributed by atoms with Crippen molar-refractivity contribution in [3.05, 3.63) is 77.6 Å². The highest BCUT2D eigenvalue weighted by molar-refractivity contribution is 5.96. The second-order valence-electron chi connectivity index (χ2n) is 13.5. The number of aliphatic carboxylic acids is 1. The molecule has 3 aromatic rings. The number of ether oxygens (including phenoxy) is 1. The van der Waals surface area contributed by atoms with Gasteiger partial charge in [0, 0.05) is 32.9 Å². The van der Waals surface area contributed by atoms with Crippen LogP contribution in [0, 0.1) is 5.92 Å². The van der Waals surface area contributed by atoms with E-state index in [2.05, 4.69) is 26.3 Å². The van der Waals surface area contributed by atoms with Gasteiger partial charge in [-0.25, -0.2) is 9.48 Å². The normalized spacial score (nSPS) is 22.3. The van der Waals surface area contributed by atoms with E-state index in [4.69, 9.17) is 4.74 Å². The molecule has 6 bridgehead atoms. The molecule has 1 aromatic heterocycles. The maximum Gasteiger partial charge on any atom is 0.326 e. The topological polar surface area (TPSA) is 188 Å². The van der Waals surface area contributed by atoms with E-state index in [0.29, 0.717) is 17.0 Å². The van der Waals surface area contributed by atoms with Gasteiger partial charge in [0.05, 0.1) is 18.3 Å². The van der Waals surface area contributed by atoms with Crippen molar-refractivity contribution >= 4 is 29.6 Å². The second-order valence-corrected chi connectivity index (χ2v) is 13.5. The van der Waals surface area contributed by atoms with E-state index >= 15 is 0 Å². The molecule has 0 spiro atoms. The molecule has 2 aromatic carbocycles. The second kappa shape index (κ2) is 16.1. The zero-order valence-corrected chi connectivity index (χ0v) is 29.5. The number of nitrogens with zero attached hydrogens (tertiary/aromatic N) is 5. The summed E-state index contributed by atoms with van der Waals surface area (Å²) < 4.78 is 7.52. The molecule has 3 aliphatic rings. The van der Waals surface area contributed by atoms with Gasteiger partial charge in [0.2, 0.25) is 23.6 Å². The number of carbonyl (C=O) groups is 5. The van der Waals surface area contributed by atoms with Gasteiger partial charge in [-0.3, -0.25) is 19.2 Å². The summed E-state index contributed by atoms with van der Waals surface area (Å²) in [5.41, 5.74) is 1.94. The van der Waals surface area contributed by atoms with Gasteiger partial charge >= 0.3 is 5.97 Å². The molecular weight excluding hydrogens is 656 g/mol. The van der Waals surface area contributed by atoms with Gasteiger partial charge in [-0.1, -0.05) is 61.5 Å². The van der Waals surface area contributed by atoms with Crippen molar-refractivity contribution in [1.82, 2.24) is 40.7 Å². The van der Waals surface area contributed by atoms with E-state index in [9.17, 15) is 29.1 Å². The molecule has 0 saturated carbocycles. The molecule has 1 saturated heterocycles. The van der Waals surface area contributed by atoms with Crippen molar-refractivity contribution in [2.75, 3.05) is 20.6 Å². The van der Waals surface area contributed by atoms with Gasteiger partial charge in [-0.2, -0.15) is 0 Å². The third-order valence-electron chi connectivity index (χ3n) is 9.59. The number of fused-ring (bicyclic) bond motifs is 9. The van der Waals surface area contributed by atoms with Crippen molar-refractivity contribution in [2.45, 2.75) is 82.9 Å². The van der Waals surface area contributed by atoms with Crippen LogP contribution in [0.25, 0.3) is 0 Å². The van der Waals surface area contributed by atoms with Crippen molar-refractivity contribution in [1.29, 1.82) is 0 Å². The number of nitrogens with one attached hydrogen (secondary N) is 3. The predicted molar refractivity (Wildman–Crippen MR) is 185 cm³/mol. The first kappa shape index (κ1) is 37.0. The third-order valence-corrected chi connectivity index (χ3v) is 9.59. The molecule has 4 N–H and O–H groups in total. The number of likely N-dealkylation sites (N-methyl/N-ethyl adjacent to an activating group) is 2. The Morgan fingerprint density at radius 1 is 1.06 bits per heavy atom. The standard InChI is InChI=1S/C36H46N8O7/c1-21(2)31(39-32(45)22(3)37-4)35(48)43-19-26-17-29(43)33(46)38-28(15-23-9-7-6-8-10-23)34(47)42(5)30(36(49)50)16-24-11-13-27(14-12-24)51-20-25-18-44(26)41-40-25/h6-14,18,21-22,26,28-31,37H,15-17,19-20H2,1-5H3,(H,38,46)(H,39,45)(H,49,50)/t22-,26-,28-,29-,30-,31-/m0/s1. The number of carboxylic acids is 1. The summed E-state index contributed by atoms with van der Waals surface area (Å²) in [6, 6.07) is 10.6. The summed E-state index contributed by atoms with van der Waals surface area (Å²) in [5, 5.41) is 27.4. The van der Waals surface area contributed by atoms with E-state index in [1.54, 1.807) is 49.1 Å². The van der Waals surface area contributed by atoms with Crippen LogP contribution >= 0.6 is 0 Å². The van der Waals surface area contributed by atoms with Gasteiger partial charge in [0.15, 0.2) is 0 Å². The molecule has 0 aliphatic carbocycles. The SMILES string of the molecule is CN[C@@H](C)C(=O)N[C@H](C(=O)N1C[C@@H]2C[C@H]1C(=O)N[C@@H](Cc1ccccc1)C(=O)N(C)[C@H](C(=O)O)Cc1ccc(cc1)OCc1cn2nn1)C(C)C. The summed E-state index contributed by atoms with van der Waals surface area (Å²) >= 11 is 0. The Hall–Kier alpha value is -5.31. The third kappa shape index (κ3) is 8.71. The van der Waals surface area contributed by atoms with Crippen molar-refractivity contribution in [3.8, 4) is 5.75 Å². The molecule has 51 heavy (non-hydrogen) atoms. The maximum atomic E-state index is 14.3. The Balaban J connectivity index is 1.54. The van der Waals surface area contributed by atoms with E-state index in [1.165, 1.54) is 11.9 Å². The van der Waals surface area contributed by atoms with E-state index in [1.807, 2.05) is 44.2 Å². The Labute approximate surface area is 296 Å².